The number of fused-ring (bicyclic) bond motifs is 1. The van der Waals surface area contributed by atoms with Crippen LogP contribution in [0.1, 0.15) is 17.5 Å². The molecule has 0 radical (unpaired) electrons. The lowest BCUT2D eigenvalue weighted by Crippen LogP contribution is -2.18. The van der Waals surface area contributed by atoms with Gasteiger partial charge in [0, 0.05) is 4.47 Å². The van der Waals surface area contributed by atoms with Crippen molar-refractivity contribution < 1.29 is 13.9 Å². The number of rotatable bonds is 2. The number of esters is 1. The van der Waals surface area contributed by atoms with Crippen molar-refractivity contribution in [2.75, 3.05) is 6.61 Å². The van der Waals surface area contributed by atoms with E-state index in [0.717, 1.165) is 6.07 Å². The molecule has 5 nitrogen and oxygen atoms in total. The number of benzene rings is 1. The molecule has 0 saturated carbocycles. The Balaban J connectivity index is 2.69. The first-order valence-corrected chi connectivity index (χ1v) is 5.88. The molecule has 0 amide bonds. The molecule has 0 aliphatic rings. The van der Waals surface area contributed by atoms with Crippen molar-refractivity contribution in [1.29, 1.82) is 0 Å². The second-order valence-electron chi connectivity index (χ2n) is 3.42. The number of carbonyl (C=O) groups is 1. The number of halogens is 2. The summed E-state index contributed by atoms with van der Waals surface area (Å²) < 4.78 is 18.2. The van der Waals surface area contributed by atoms with Crippen molar-refractivity contribution in [2.24, 2.45) is 0 Å². The Bertz CT molecular complexity index is 684. The molecule has 1 aromatic carbocycles. The van der Waals surface area contributed by atoms with Crippen LogP contribution in [0.15, 0.2) is 21.4 Å². The summed E-state index contributed by atoms with van der Waals surface area (Å²) in [5.41, 5.74) is -0.383. The Morgan fingerprint density at radius 1 is 1.56 bits per heavy atom. The highest BCUT2D eigenvalue weighted by Gasteiger charge is 2.14. The molecular formula is C11H8BrFN2O3. The maximum atomic E-state index is 13.2. The third kappa shape index (κ3) is 2.26. The zero-order chi connectivity index (χ0) is 13.3. The topological polar surface area (TPSA) is 72.0 Å². The van der Waals surface area contributed by atoms with Crippen LogP contribution >= 0.6 is 15.9 Å². The largest absolute Gasteiger partial charge is 0.460 e. The van der Waals surface area contributed by atoms with Crippen LogP contribution in [-0.2, 0) is 4.74 Å². The SMILES string of the molecule is CCOC(=O)c1nc2c(Br)cc(F)cc2c(=O)[nH]1. The van der Waals surface area contributed by atoms with Crippen LogP contribution in [0.5, 0.6) is 0 Å². The molecule has 18 heavy (non-hydrogen) atoms. The van der Waals surface area contributed by atoms with Gasteiger partial charge in [0.25, 0.3) is 5.56 Å². The fourth-order valence-corrected chi connectivity index (χ4v) is 1.98. The number of H-pyrrole nitrogens is 1. The van der Waals surface area contributed by atoms with E-state index in [9.17, 15) is 14.0 Å². The number of hydrogen-bond acceptors (Lipinski definition) is 4. The van der Waals surface area contributed by atoms with Crippen LogP contribution in [0.2, 0.25) is 0 Å². The van der Waals surface area contributed by atoms with E-state index in [4.69, 9.17) is 4.74 Å². The van der Waals surface area contributed by atoms with Crippen molar-refractivity contribution in [1.82, 2.24) is 9.97 Å². The Kier molecular flexibility index (Phi) is 3.42. The molecule has 1 heterocycles. The minimum absolute atomic E-state index is 0.0647. The predicted molar refractivity (Wildman–Crippen MR) is 66.0 cm³/mol. The normalized spacial score (nSPS) is 10.6. The number of ether oxygens (including phenoxy) is 1. The van der Waals surface area contributed by atoms with Crippen molar-refractivity contribution in [3.63, 3.8) is 0 Å². The molecule has 0 saturated heterocycles. The van der Waals surface area contributed by atoms with Gasteiger partial charge in [0.1, 0.15) is 5.82 Å². The molecule has 0 aliphatic carbocycles. The maximum absolute atomic E-state index is 13.2. The second kappa shape index (κ2) is 4.85. The summed E-state index contributed by atoms with van der Waals surface area (Å²) in [6.45, 7) is 1.81. The highest BCUT2D eigenvalue weighted by atomic mass is 79.9. The Labute approximate surface area is 109 Å². The van der Waals surface area contributed by atoms with Crippen molar-refractivity contribution in [2.45, 2.75) is 6.92 Å². The highest BCUT2D eigenvalue weighted by molar-refractivity contribution is 9.10. The van der Waals surface area contributed by atoms with Gasteiger partial charge in [-0.1, -0.05) is 0 Å². The van der Waals surface area contributed by atoms with Crippen molar-refractivity contribution in [3.8, 4) is 0 Å². The van der Waals surface area contributed by atoms with Crippen molar-refractivity contribution in [3.05, 3.63) is 38.6 Å². The minimum atomic E-state index is -0.729. The standard InChI is InChI=1S/C11H8BrFN2O3/c1-2-18-11(17)9-14-8-6(10(16)15-9)3-5(13)4-7(8)12/h3-4H,2H2,1H3,(H,14,15,16). The van der Waals surface area contributed by atoms with Crippen LogP contribution < -0.4 is 5.56 Å². The van der Waals surface area contributed by atoms with E-state index in [1.807, 2.05) is 0 Å². The van der Waals surface area contributed by atoms with E-state index in [0.29, 0.717) is 4.47 Å². The number of aromatic amines is 1. The molecule has 0 fully saturated rings. The smallest absolute Gasteiger partial charge is 0.374 e. The predicted octanol–water partition coefficient (Wildman–Crippen LogP) is 2.00. The minimum Gasteiger partial charge on any atom is -0.460 e. The molecule has 1 aromatic heterocycles. The highest BCUT2D eigenvalue weighted by Crippen LogP contribution is 2.21. The van der Waals surface area contributed by atoms with Crippen LogP contribution in [0, 0.1) is 5.82 Å². The molecule has 0 unspecified atom stereocenters. The number of hydrogen-bond donors (Lipinski definition) is 1. The van der Waals surface area contributed by atoms with E-state index < -0.39 is 17.3 Å². The third-order valence-corrected chi connectivity index (χ3v) is 2.80. The summed E-state index contributed by atoms with van der Waals surface area (Å²) in [6, 6.07) is 2.23. The lowest BCUT2D eigenvalue weighted by molar-refractivity contribution is 0.0512. The number of nitrogens with one attached hydrogen (secondary N) is 1. The first-order chi connectivity index (χ1) is 8.52. The molecular weight excluding hydrogens is 307 g/mol. The summed E-state index contributed by atoms with van der Waals surface area (Å²) in [5.74, 6) is -1.50. The van der Waals surface area contributed by atoms with Gasteiger partial charge in [0.2, 0.25) is 5.82 Å². The lowest BCUT2D eigenvalue weighted by Gasteiger charge is -2.04. The van der Waals surface area contributed by atoms with Gasteiger partial charge in [0.05, 0.1) is 17.5 Å². The van der Waals surface area contributed by atoms with Crippen LogP contribution in [0.25, 0.3) is 10.9 Å². The molecule has 1 N–H and O–H groups in total. The molecule has 0 aliphatic heterocycles. The first-order valence-electron chi connectivity index (χ1n) is 5.09. The van der Waals surface area contributed by atoms with Gasteiger partial charge in [-0.15, -0.1) is 0 Å². The van der Waals surface area contributed by atoms with E-state index in [1.54, 1.807) is 6.92 Å². The van der Waals surface area contributed by atoms with Crippen LogP contribution in [0.4, 0.5) is 4.39 Å². The van der Waals surface area contributed by atoms with Gasteiger partial charge in [0.15, 0.2) is 0 Å². The Hall–Kier alpha value is -1.76. The molecule has 0 bridgehead atoms. The zero-order valence-electron chi connectivity index (χ0n) is 9.29. The second-order valence-corrected chi connectivity index (χ2v) is 4.27. The van der Waals surface area contributed by atoms with Gasteiger partial charge in [-0.05, 0) is 35.0 Å². The Morgan fingerprint density at radius 2 is 2.28 bits per heavy atom. The zero-order valence-corrected chi connectivity index (χ0v) is 10.9. The monoisotopic (exact) mass is 314 g/mol. The average molecular weight is 315 g/mol. The molecule has 2 rings (SSSR count). The first kappa shape index (κ1) is 12.7. The van der Waals surface area contributed by atoms with Gasteiger partial charge < -0.3 is 9.72 Å². The van der Waals surface area contributed by atoms with E-state index >= 15 is 0 Å². The molecule has 94 valence electrons. The number of aromatic nitrogens is 2. The molecule has 7 heteroatoms. The molecule has 0 spiro atoms. The maximum Gasteiger partial charge on any atom is 0.374 e. The van der Waals surface area contributed by atoms with E-state index in [2.05, 4.69) is 25.9 Å². The summed E-state index contributed by atoms with van der Waals surface area (Å²) in [6.07, 6.45) is 0. The van der Waals surface area contributed by atoms with Crippen LogP contribution in [-0.4, -0.2) is 22.5 Å². The molecule has 0 atom stereocenters. The van der Waals surface area contributed by atoms with Gasteiger partial charge in [-0.3, -0.25) is 4.79 Å². The van der Waals surface area contributed by atoms with Gasteiger partial charge in [-0.25, -0.2) is 14.2 Å². The van der Waals surface area contributed by atoms with E-state index in [-0.39, 0.29) is 23.3 Å². The fraction of sp³-hybridized carbons (Fsp3) is 0.182. The number of carbonyl (C=O) groups excluding carboxylic acids is 1. The summed E-state index contributed by atoms with van der Waals surface area (Å²) in [5, 5.41) is 0.0647. The lowest BCUT2D eigenvalue weighted by atomic mass is 10.2. The van der Waals surface area contributed by atoms with Gasteiger partial charge >= 0.3 is 5.97 Å². The third-order valence-electron chi connectivity index (χ3n) is 2.20. The van der Waals surface area contributed by atoms with E-state index in [1.165, 1.54) is 6.07 Å². The molecule has 2 aromatic rings. The number of nitrogens with zero attached hydrogens (tertiary/aromatic N) is 1. The average Bonchev–Trinajstić information content (AvgIpc) is 2.30. The quantitative estimate of drug-likeness (QED) is 0.861. The fourth-order valence-electron chi connectivity index (χ4n) is 1.46. The van der Waals surface area contributed by atoms with Gasteiger partial charge in [-0.2, -0.15) is 0 Å². The summed E-state index contributed by atoms with van der Waals surface area (Å²) in [4.78, 5) is 29.4. The Morgan fingerprint density at radius 3 is 2.94 bits per heavy atom. The summed E-state index contributed by atoms with van der Waals surface area (Å²) >= 11 is 3.10. The van der Waals surface area contributed by atoms with Crippen molar-refractivity contribution >= 4 is 32.8 Å². The summed E-state index contributed by atoms with van der Waals surface area (Å²) in [7, 11) is 0. The van der Waals surface area contributed by atoms with Crippen LogP contribution in [0.3, 0.4) is 0 Å².